The maximum Gasteiger partial charge on any atom is 0.460 e. The lowest BCUT2D eigenvalue weighted by atomic mass is 9.85. The molecule has 1 aliphatic rings. The van der Waals surface area contributed by atoms with Crippen LogP contribution in [0.25, 0.3) is 11.1 Å². The second-order valence-corrected chi connectivity index (χ2v) is 13.2. The van der Waals surface area contributed by atoms with E-state index in [4.69, 9.17) is 0 Å². The third-order valence-corrected chi connectivity index (χ3v) is 9.25. The van der Waals surface area contributed by atoms with Crippen molar-refractivity contribution < 1.29 is 123 Å². The van der Waals surface area contributed by atoms with Gasteiger partial charge in [0.1, 0.15) is 22.8 Å². The van der Waals surface area contributed by atoms with Crippen LogP contribution in [0.4, 0.5) is 123 Å². The molecule has 0 bridgehead atoms. The zero-order chi connectivity index (χ0) is 51.3. The first kappa shape index (κ1) is 54.5. The quantitative estimate of drug-likeness (QED) is 0.128. The summed E-state index contributed by atoms with van der Waals surface area (Å²) in [6, 6.07) is -2.04. The number of hydrogen-bond donors (Lipinski definition) is 0. The summed E-state index contributed by atoms with van der Waals surface area (Å²) in [6.07, 6.45) is -31.3. The van der Waals surface area contributed by atoms with Crippen LogP contribution in [0, 0.1) is 0 Å². The molecule has 2 aromatic carbocycles. The third kappa shape index (κ3) is 8.03. The van der Waals surface area contributed by atoms with Crippen molar-refractivity contribution in [3.63, 3.8) is 0 Å². The van der Waals surface area contributed by atoms with E-state index in [0.717, 1.165) is 0 Å². The number of benzene rings is 2. The SMILES string of the molecule is CN=C(c1cc2c(c(C(=NC)C(F)(F)C(F)(F)C(F)(F)F)c1)-c1cc(C(=NC)C(F)(F)C(F)(F)C(F)(F)F)cc(C(=NC)C(F)(F)C(F)(F)C(F)(F)F)c1C2)C(F)(F)C(F)(F)C(F)(F)F. The van der Waals surface area contributed by atoms with Gasteiger partial charge in [-0.05, 0) is 52.9 Å². The molecule has 0 heterocycles. The van der Waals surface area contributed by atoms with Crippen molar-refractivity contribution in [3.8, 4) is 11.1 Å². The first-order valence-electron chi connectivity index (χ1n) is 16.2. The topological polar surface area (TPSA) is 49.4 Å². The fourth-order valence-electron chi connectivity index (χ4n) is 6.18. The van der Waals surface area contributed by atoms with E-state index in [-0.39, 0.29) is 34.3 Å². The predicted octanol–water partition coefficient (Wildman–Crippen LogP) is 12.3. The molecular formula is C33H18F28N4. The Balaban J connectivity index is 2.83. The molecule has 0 saturated carbocycles. The van der Waals surface area contributed by atoms with Crippen molar-refractivity contribution in [2.45, 2.75) is 78.5 Å². The molecule has 0 fully saturated rings. The van der Waals surface area contributed by atoms with E-state index < -0.39 is 164 Å². The van der Waals surface area contributed by atoms with Crippen LogP contribution in [0.3, 0.4) is 0 Å². The molecular weight excluding hydrogens is 984 g/mol. The van der Waals surface area contributed by atoms with E-state index in [1.165, 1.54) is 0 Å². The predicted molar refractivity (Wildman–Crippen MR) is 168 cm³/mol. The Labute approximate surface area is 341 Å². The molecule has 0 aliphatic heterocycles. The summed E-state index contributed by atoms with van der Waals surface area (Å²) in [5.74, 6) is -57.0. The number of fused-ring (bicyclic) bond motifs is 3. The second kappa shape index (κ2) is 15.9. The van der Waals surface area contributed by atoms with Gasteiger partial charge in [0.05, 0.1) is 0 Å². The van der Waals surface area contributed by atoms with E-state index in [9.17, 15) is 87.8 Å². The number of halogens is 28. The van der Waals surface area contributed by atoms with Crippen LogP contribution in [-0.4, -0.2) is 123 Å². The zero-order valence-electron chi connectivity index (χ0n) is 31.4. The number of nitrogens with zero attached hydrogens (tertiary/aromatic N) is 4. The minimum Gasteiger partial charge on any atom is -0.286 e. The lowest BCUT2D eigenvalue weighted by Gasteiger charge is -2.32. The highest BCUT2D eigenvalue weighted by Gasteiger charge is 2.78. The molecule has 0 spiro atoms. The molecule has 0 amide bonds. The van der Waals surface area contributed by atoms with E-state index in [1.54, 1.807) is 0 Å². The number of aliphatic imine (C=N–C) groups is 4. The van der Waals surface area contributed by atoms with Gasteiger partial charge in [0.25, 0.3) is 0 Å². The summed E-state index contributed by atoms with van der Waals surface area (Å²) in [5.41, 5.74) is -28.2. The first-order chi connectivity index (χ1) is 28.7. The number of rotatable bonds is 12. The highest BCUT2D eigenvalue weighted by molar-refractivity contribution is 6.18. The smallest absolute Gasteiger partial charge is 0.286 e. The van der Waals surface area contributed by atoms with Crippen molar-refractivity contribution in [2.75, 3.05) is 28.2 Å². The van der Waals surface area contributed by atoms with E-state index in [2.05, 4.69) is 20.0 Å². The Bertz CT molecular complexity index is 2300. The minimum atomic E-state index is -7.46. The Kier molecular flexibility index (Phi) is 13.3. The Morgan fingerprint density at radius 3 is 0.908 bits per heavy atom. The van der Waals surface area contributed by atoms with Crippen molar-refractivity contribution in [3.05, 3.63) is 57.6 Å². The monoisotopic (exact) mass is 1000 g/mol. The van der Waals surface area contributed by atoms with Crippen LogP contribution in [0.15, 0.2) is 44.2 Å². The largest absolute Gasteiger partial charge is 0.460 e. The van der Waals surface area contributed by atoms with Gasteiger partial charge in [-0.15, -0.1) is 0 Å². The molecule has 0 radical (unpaired) electrons. The van der Waals surface area contributed by atoms with Gasteiger partial charge in [-0.1, -0.05) is 0 Å². The number of hydrogen-bond acceptors (Lipinski definition) is 4. The fourth-order valence-corrected chi connectivity index (χ4v) is 6.18. The summed E-state index contributed by atoms with van der Waals surface area (Å²) in [4.78, 5) is 9.91. The highest BCUT2D eigenvalue weighted by atomic mass is 19.5. The van der Waals surface area contributed by atoms with Crippen molar-refractivity contribution >= 4 is 22.8 Å². The summed E-state index contributed by atoms with van der Waals surface area (Å²) in [7, 11) is -0.426. The average Bonchev–Trinajstić information content (AvgIpc) is 3.49. The molecule has 1 aliphatic carbocycles. The van der Waals surface area contributed by atoms with Gasteiger partial charge in [-0.2, -0.15) is 123 Å². The van der Waals surface area contributed by atoms with Crippen LogP contribution in [-0.2, 0) is 6.42 Å². The Morgan fingerprint density at radius 1 is 0.354 bits per heavy atom. The van der Waals surface area contributed by atoms with Gasteiger partial charge in [-0.25, -0.2) is 0 Å². The second-order valence-electron chi connectivity index (χ2n) is 13.2. The van der Waals surface area contributed by atoms with Gasteiger partial charge in [0.15, 0.2) is 0 Å². The van der Waals surface area contributed by atoms with E-state index >= 15 is 35.1 Å². The highest BCUT2D eigenvalue weighted by Crippen LogP contribution is 2.55. The standard InChI is InChI=1S/C33H18F28N4/c1-62-18(22(34,35)26(42,43)30(50,51)52)11-5-10-6-13-14(17(10)16(9-11)21(65-4)25(40,41)29(48,49)33(59,60)61)7-12(19(63-2)23(36,37)27(44,45)31(53,54)55)8-15(13)20(64-3)24(38,39)28(46,47)32(56,57)58/h5,7-9H,6H2,1-4H3. The van der Waals surface area contributed by atoms with Gasteiger partial charge in [0, 0.05) is 50.4 Å². The molecule has 0 aromatic heterocycles. The van der Waals surface area contributed by atoms with Gasteiger partial charge < -0.3 is 0 Å². The third-order valence-electron chi connectivity index (χ3n) is 9.25. The minimum absolute atomic E-state index is 0.0572. The summed E-state index contributed by atoms with van der Waals surface area (Å²) in [5, 5.41) is 0. The average molecular weight is 1000 g/mol. The van der Waals surface area contributed by atoms with Crippen molar-refractivity contribution in [1.82, 2.24) is 0 Å². The molecule has 3 rings (SSSR count). The van der Waals surface area contributed by atoms with E-state index in [0.29, 0.717) is 0 Å². The molecule has 366 valence electrons. The van der Waals surface area contributed by atoms with Gasteiger partial charge in [-0.3, -0.25) is 20.0 Å². The summed E-state index contributed by atoms with van der Waals surface area (Å²) < 4.78 is 398. The molecule has 0 unspecified atom stereocenters. The molecule has 4 nitrogen and oxygen atoms in total. The van der Waals surface area contributed by atoms with Crippen LogP contribution in [0.5, 0.6) is 0 Å². The van der Waals surface area contributed by atoms with Gasteiger partial charge in [0.2, 0.25) is 0 Å². The lowest BCUT2D eigenvalue weighted by Crippen LogP contribution is -2.57. The van der Waals surface area contributed by atoms with Crippen LogP contribution >= 0.6 is 0 Å². The molecule has 2 aromatic rings. The lowest BCUT2D eigenvalue weighted by molar-refractivity contribution is -0.336. The molecule has 0 saturated heterocycles. The molecule has 32 heteroatoms. The van der Waals surface area contributed by atoms with Gasteiger partial charge >= 0.3 is 72.1 Å². The van der Waals surface area contributed by atoms with Crippen molar-refractivity contribution in [1.29, 1.82) is 0 Å². The number of alkyl halides is 28. The van der Waals surface area contributed by atoms with Crippen LogP contribution in [0.1, 0.15) is 33.4 Å². The fraction of sp³-hybridized carbons (Fsp3) is 0.515. The maximum atomic E-state index is 15.5. The van der Waals surface area contributed by atoms with E-state index in [1.807, 2.05) is 0 Å². The maximum absolute atomic E-state index is 15.5. The molecule has 0 atom stereocenters. The van der Waals surface area contributed by atoms with Crippen LogP contribution in [0.2, 0.25) is 0 Å². The van der Waals surface area contributed by atoms with Crippen molar-refractivity contribution in [2.24, 2.45) is 20.0 Å². The zero-order valence-corrected chi connectivity index (χ0v) is 31.4. The summed E-state index contributed by atoms with van der Waals surface area (Å²) >= 11 is 0. The van der Waals surface area contributed by atoms with Crippen LogP contribution < -0.4 is 0 Å². The first-order valence-corrected chi connectivity index (χ1v) is 16.2. The Morgan fingerprint density at radius 2 is 0.615 bits per heavy atom. The molecule has 0 N–H and O–H groups in total. The molecule has 65 heavy (non-hydrogen) atoms. The summed E-state index contributed by atoms with van der Waals surface area (Å²) in [6.45, 7) is 0. The normalized spacial score (nSPS) is 16.6. The Hall–Kier alpha value is -4.84.